The summed E-state index contributed by atoms with van der Waals surface area (Å²) in [5.41, 5.74) is 8.17. The van der Waals surface area contributed by atoms with E-state index < -0.39 is 0 Å². The van der Waals surface area contributed by atoms with Gasteiger partial charge in [0.05, 0.1) is 12.3 Å². The first-order valence-electron chi connectivity index (χ1n) is 7.89. The number of ether oxygens (including phenoxy) is 1. The topological polar surface area (TPSA) is 50.4 Å². The third kappa shape index (κ3) is 5.13. The summed E-state index contributed by atoms with van der Waals surface area (Å²) in [6.07, 6.45) is 2.88. The molecule has 0 aliphatic carbocycles. The van der Waals surface area contributed by atoms with Crippen molar-refractivity contribution in [3.8, 4) is 5.75 Å². The van der Waals surface area contributed by atoms with Crippen molar-refractivity contribution < 1.29 is 9.53 Å². The zero-order chi connectivity index (χ0) is 17.4. The maximum Gasteiger partial charge on any atom is 0.269 e. The average Bonchev–Trinajstić information content (AvgIpc) is 2.60. The first kappa shape index (κ1) is 18.1. The second-order valence-corrected chi connectivity index (χ2v) is 5.99. The van der Waals surface area contributed by atoms with Crippen LogP contribution in [0.1, 0.15) is 36.2 Å². The van der Waals surface area contributed by atoms with Crippen LogP contribution in [0, 0.1) is 0 Å². The van der Waals surface area contributed by atoms with E-state index in [-0.39, 0.29) is 5.91 Å². The molecule has 0 radical (unpaired) electrons. The summed E-state index contributed by atoms with van der Waals surface area (Å²) >= 11 is 3.36. The fourth-order valence-electron chi connectivity index (χ4n) is 2.14. The third-order valence-corrected chi connectivity index (χ3v) is 3.83. The summed E-state index contributed by atoms with van der Waals surface area (Å²) in [6.45, 7) is 4.64. The molecule has 0 aliphatic rings. The Morgan fingerprint density at radius 2 is 1.62 bits per heavy atom. The molecule has 2 N–H and O–H groups in total. The minimum absolute atomic E-state index is 0.185. The van der Waals surface area contributed by atoms with Crippen LogP contribution in [0.2, 0.25) is 0 Å². The van der Waals surface area contributed by atoms with Crippen LogP contribution in [0.25, 0.3) is 5.70 Å². The van der Waals surface area contributed by atoms with Crippen molar-refractivity contribution in [3.05, 3.63) is 70.2 Å². The normalized spacial score (nSPS) is 11.0. The molecule has 24 heavy (non-hydrogen) atoms. The smallest absolute Gasteiger partial charge is 0.269 e. The monoisotopic (exact) mass is 388 g/mol. The van der Waals surface area contributed by atoms with Crippen LogP contribution in [0.15, 0.2) is 59.1 Å². The Balaban J connectivity index is 2.04. The molecule has 2 aromatic rings. The van der Waals surface area contributed by atoms with Crippen LogP contribution in [0.4, 0.5) is 0 Å². The lowest BCUT2D eigenvalue weighted by Crippen LogP contribution is -2.36. The highest BCUT2D eigenvalue weighted by Crippen LogP contribution is 2.17. The summed E-state index contributed by atoms with van der Waals surface area (Å²) in [6, 6.07) is 15.0. The Hall–Kier alpha value is -2.27. The van der Waals surface area contributed by atoms with Crippen LogP contribution in [0.3, 0.4) is 0 Å². The number of carbonyl (C=O) groups is 1. The minimum Gasteiger partial charge on any atom is -0.494 e. The number of allylic oxidation sites excluding steroid dienone is 1. The predicted molar refractivity (Wildman–Crippen MR) is 101 cm³/mol. The van der Waals surface area contributed by atoms with Gasteiger partial charge in [-0.3, -0.25) is 15.6 Å². The molecule has 4 nitrogen and oxygen atoms in total. The summed E-state index contributed by atoms with van der Waals surface area (Å²) in [5.74, 6) is 0.645. The standard InChI is InChI=1S/C19H21BrN2O2/c1-3-5-18(14-8-12-17(13-9-14)24-4-2)21-22-19(23)15-6-10-16(20)11-7-15/h5-13,21H,3-4H2,1-2H3,(H,22,23). The molecule has 0 aliphatic heterocycles. The lowest BCUT2D eigenvalue weighted by Gasteiger charge is -2.13. The molecular formula is C19H21BrN2O2. The highest BCUT2D eigenvalue weighted by atomic mass is 79.9. The van der Waals surface area contributed by atoms with Gasteiger partial charge in [-0.15, -0.1) is 0 Å². The highest BCUT2D eigenvalue weighted by Gasteiger charge is 2.07. The van der Waals surface area contributed by atoms with Crippen molar-refractivity contribution in [2.24, 2.45) is 0 Å². The Labute approximate surface area is 151 Å². The SMILES string of the molecule is CCC=C(NNC(=O)c1ccc(Br)cc1)c1ccc(OCC)cc1. The van der Waals surface area contributed by atoms with Gasteiger partial charge in [-0.25, -0.2) is 0 Å². The van der Waals surface area contributed by atoms with Gasteiger partial charge in [-0.05, 0) is 67.4 Å². The predicted octanol–water partition coefficient (Wildman–Crippen LogP) is 4.53. The zero-order valence-electron chi connectivity index (χ0n) is 13.8. The van der Waals surface area contributed by atoms with E-state index in [2.05, 4.69) is 26.8 Å². The van der Waals surface area contributed by atoms with Gasteiger partial charge in [0.25, 0.3) is 5.91 Å². The number of halogens is 1. The van der Waals surface area contributed by atoms with Gasteiger partial charge in [0.1, 0.15) is 5.75 Å². The van der Waals surface area contributed by atoms with Crippen molar-refractivity contribution in [1.82, 2.24) is 10.9 Å². The summed E-state index contributed by atoms with van der Waals surface area (Å²) in [5, 5.41) is 0. The summed E-state index contributed by atoms with van der Waals surface area (Å²) in [4.78, 5) is 12.2. The number of amides is 1. The van der Waals surface area contributed by atoms with Crippen molar-refractivity contribution in [2.45, 2.75) is 20.3 Å². The molecule has 0 bridgehead atoms. The second-order valence-electron chi connectivity index (χ2n) is 5.07. The first-order chi connectivity index (χ1) is 11.6. The van der Waals surface area contributed by atoms with Crippen LogP contribution in [-0.2, 0) is 0 Å². The first-order valence-corrected chi connectivity index (χ1v) is 8.68. The van der Waals surface area contributed by atoms with Crippen LogP contribution >= 0.6 is 15.9 Å². The van der Waals surface area contributed by atoms with Gasteiger partial charge in [0.15, 0.2) is 0 Å². The fourth-order valence-corrected chi connectivity index (χ4v) is 2.40. The molecule has 0 fully saturated rings. The molecule has 2 aromatic carbocycles. The molecule has 2 rings (SSSR count). The largest absolute Gasteiger partial charge is 0.494 e. The Morgan fingerprint density at radius 1 is 1.00 bits per heavy atom. The quantitative estimate of drug-likeness (QED) is 0.684. The number of benzene rings is 2. The summed E-state index contributed by atoms with van der Waals surface area (Å²) < 4.78 is 6.39. The molecule has 0 saturated carbocycles. The van der Waals surface area contributed by atoms with Crippen molar-refractivity contribution in [1.29, 1.82) is 0 Å². The van der Waals surface area contributed by atoms with Gasteiger partial charge >= 0.3 is 0 Å². The van der Waals surface area contributed by atoms with E-state index in [9.17, 15) is 4.79 Å². The Bertz CT molecular complexity index is 694. The minimum atomic E-state index is -0.185. The number of hydrogen-bond acceptors (Lipinski definition) is 3. The Kier molecular flexibility index (Phi) is 6.88. The van der Waals surface area contributed by atoms with E-state index >= 15 is 0 Å². The molecule has 0 saturated heterocycles. The lowest BCUT2D eigenvalue weighted by atomic mass is 10.1. The van der Waals surface area contributed by atoms with Gasteiger partial charge in [0.2, 0.25) is 0 Å². The lowest BCUT2D eigenvalue weighted by molar-refractivity contribution is 0.0942. The second kappa shape index (κ2) is 9.13. The number of nitrogens with one attached hydrogen (secondary N) is 2. The number of hydrazine groups is 1. The van der Waals surface area contributed by atoms with E-state index in [1.165, 1.54) is 0 Å². The van der Waals surface area contributed by atoms with Crippen molar-refractivity contribution in [3.63, 3.8) is 0 Å². The van der Waals surface area contributed by atoms with Gasteiger partial charge in [-0.1, -0.05) is 28.9 Å². The molecule has 1 amide bonds. The zero-order valence-corrected chi connectivity index (χ0v) is 15.4. The number of hydrogen-bond donors (Lipinski definition) is 2. The van der Waals surface area contributed by atoms with E-state index in [0.29, 0.717) is 12.2 Å². The molecule has 0 heterocycles. The van der Waals surface area contributed by atoms with Crippen molar-refractivity contribution >= 4 is 27.5 Å². The van der Waals surface area contributed by atoms with Gasteiger partial charge in [0, 0.05) is 10.0 Å². The molecule has 0 atom stereocenters. The molecule has 0 aromatic heterocycles. The number of carbonyl (C=O) groups excluding carboxylic acids is 1. The maximum absolute atomic E-state index is 12.2. The van der Waals surface area contributed by atoms with E-state index in [4.69, 9.17) is 4.74 Å². The Morgan fingerprint density at radius 3 is 2.21 bits per heavy atom. The molecule has 5 heteroatoms. The van der Waals surface area contributed by atoms with E-state index in [1.807, 2.05) is 56.3 Å². The average molecular weight is 389 g/mol. The van der Waals surface area contributed by atoms with Crippen LogP contribution < -0.4 is 15.6 Å². The van der Waals surface area contributed by atoms with Crippen molar-refractivity contribution in [2.75, 3.05) is 6.61 Å². The molecular weight excluding hydrogens is 368 g/mol. The van der Waals surface area contributed by atoms with Crippen LogP contribution in [-0.4, -0.2) is 12.5 Å². The molecule has 0 spiro atoms. The number of rotatable bonds is 7. The fraction of sp³-hybridized carbons (Fsp3) is 0.211. The highest BCUT2D eigenvalue weighted by molar-refractivity contribution is 9.10. The van der Waals surface area contributed by atoms with Gasteiger partial charge in [-0.2, -0.15) is 0 Å². The summed E-state index contributed by atoms with van der Waals surface area (Å²) in [7, 11) is 0. The van der Waals surface area contributed by atoms with Gasteiger partial charge < -0.3 is 4.74 Å². The maximum atomic E-state index is 12.2. The molecule has 126 valence electrons. The van der Waals surface area contributed by atoms with Crippen LogP contribution in [0.5, 0.6) is 5.75 Å². The van der Waals surface area contributed by atoms with E-state index in [1.54, 1.807) is 12.1 Å². The third-order valence-electron chi connectivity index (χ3n) is 3.30. The van der Waals surface area contributed by atoms with E-state index in [0.717, 1.165) is 27.9 Å². The molecule has 0 unspecified atom stereocenters.